The topological polar surface area (TPSA) is 15.7 Å². The van der Waals surface area contributed by atoms with Gasteiger partial charge in [0.25, 0.3) is 0 Å². The van der Waals surface area contributed by atoms with E-state index in [0.29, 0.717) is 0 Å². The van der Waals surface area contributed by atoms with Crippen LogP contribution in [-0.4, -0.2) is 39.1 Å². The quantitative estimate of drug-likeness (QED) is 0.795. The van der Waals surface area contributed by atoms with Crippen molar-refractivity contribution in [3.63, 3.8) is 0 Å². The van der Waals surface area contributed by atoms with Crippen LogP contribution in [0.1, 0.15) is 16.7 Å². The summed E-state index contributed by atoms with van der Waals surface area (Å²) < 4.78 is 6.40. The summed E-state index contributed by atoms with van der Waals surface area (Å²) in [6.07, 6.45) is 6.66. The van der Waals surface area contributed by atoms with Crippen molar-refractivity contribution in [1.29, 1.82) is 0 Å². The lowest BCUT2D eigenvalue weighted by Crippen LogP contribution is -2.27. The van der Waals surface area contributed by atoms with E-state index >= 15 is 0 Å². The molecule has 0 aromatic heterocycles. The van der Waals surface area contributed by atoms with Gasteiger partial charge in [0.2, 0.25) is 0 Å². The molecule has 0 amide bonds. The van der Waals surface area contributed by atoms with Gasteiger partial charge in [-0.15, -0.1) is 0 Å². The zero-order chi connectivity index (χ0) is 19.1. The smallest absolute Gasteiger partial charge is 0.137 e. The molecule has 3 heteroatoms. The van der Waals surface area contributed by atoms with Crippen LogP contribution >= 0.6 is 0 Å². The normalized spacial score (nSPS) is 18.0. The number of allylic oxidation sites excluding steroid dienone is 1. The fraction of sp³-hybridized carbons (Fsp3) is 0.250. The number of ether oxygens (including phenoxy) is 1. The molecule has 0 saturated heterocycles. The van der Waals surface area contributed by atoms with Crippen molar-refractivity contribution in [1.82, 2.24) is 4.90 Å². The third-order valence-electron chi connectivity index (χ3n) is 5.30. The third-order valence-corrected chi connectivity index (χ3v) is 5.30. The highest BCUT2D eigenvalue weighted by atomic mass is 16.5. The Morgan fingerprint density at radius 3 is 2.41 bits per heavy atom. The van der Waals surface area contributed by atoms with Crippen molar-refractivity contribution in [2.24, 2.45) is 0 Å². The Bertz CT molecular complexity index is 980. The average molecular weight is 358 g/mol. The number of fused-ring (bicyclic) bond motifs is 2. The van der Waals surface area contributed by atoms with Crippen LogP contribution < -0.4 is 9.64 Å². The number of rotatable bonds is 3. The summed E-state index contributed by atoms with van der Waals surface area (Å²) in [5.74, 6) is 1.86. The monoisotopic (exact) mass is 358 g/mol. The van der Waals surface area contributed by atoms with E-state index in [1.807, 2.05) is 0 Å². The number of nitrogens with zero attached hydrogens (tertiary/aromatic N) is 2. The van der Waals surface area contributed by atoms with Gasteiger partial charge in [0.15, 0.2) is 0 Å². The van der Waals surface area contributed by atoms with Crippen LogP contribution in [0.5, 0.6) is 5.75 Å². The molecule has 0 N–H and O–H groups in total. The number of hydrogen-bond donors (Lipinski definition) is 0. The van der Waals surface area contributed by atoms with Gasteiger partial charge < -0.3 is 9.64 Å². The molecule has 2 aromatic carbocycles. The highest BCUT2D eigenvalue weighted by Crippen LogP contribution is 2.45. The standard InChI is InChI=1S/C24H26N2O/c1-16-8-6-7-9-19(16)24-20-12-10-17(25(2)3)14-22(20)27-23-15-18(26(4)5)11-13-21(23)24/h6-15,17H,1-5H3. The molecule has 3 nitrogen and oxygen atoms in total. The predicted molar refractivity (Wildman–Crippen MR) is 113 cm³/mol. The summed E-state index contributed by atoms with van der Waals surface area (Å²) in [6, 6.07) is 15.3. The molecule has 0 bridgehead atoms. The molecule has 2 aliphatic rings. The first-order valence-corrected chi connectivity index (χ1v) is 9.32. The first kappa shape index (κ1) is 17.6. The fourth-order valence-electron chi connectivity index (χ4n) is 3.68. The Morgan fingerprint density at radius 2 is 1.70 bits per heavy atom. The highest BCUT2D eigenvalue weighted by Gasteiger charge is 2.28. The van der Waals surface area contributed by atoms with Crippen LogP contribution in [-0.2, 0) is 0 Å². The molecule has 1 atom stereocenters. The highest BCUT2D eigenvalue weighted by molar-refractivity contribution is 5.92. The summed E-state index contributed by atoms with van der Waals surface area (Å²) in [6.45, 7) is 2.17. The third kappa shape index (κ3) is 3.08. The number of likely N-dealkylation sites (N-methyl/N-ethyl adjacent to an activating group) is 1. The molecule has 1 heterocycles. The van der Waals surface area contributed by atoms with Gasteiger partial charge in [0.05, 0.1) is 0 Å². The maximum atomic E-state index is 6.40. The van der Waals surface area contributed by atoms with Crippen molar-refractivity contribution < 1.29 is 4.74 Å². The number of benzene rings is 2. The van der Waals surface area contributed by atoms with Crippen LogP contribution in [0.15, 0.2) is 72.0 Å². The van der Waals surface area contributed by atoms with Crippen molar-refractivity contribution in [3.05, 3.63) is 88.7 Å². The second-order valence-corrected chi connectivity index (χ2v) is 7.62. The molecule has 0 radical (unpaired) electrons. The first-order chi connectivity index (χ1) is 13.0. The van der Waals surface area contributed by atoms with Crippen molar-refractivity contribution in [2.75, 3.05) is 33.1 Å². The Kier molecular flexibility index (Phi) is 4.40. The van der Waals surface area contributed by atoms with Crippen molar-refractivity contribution in [2.45, 2.75) is 13.0 Å². The van der Waals surface area contributed by atoms with Gasteiger partial charge in [0, 0.05) is 48.6 Å². The molecule has 1 unspecified atom stereocenters. The Balaban J connectivity index is 1.96. The summed E-state index contributed by atoms with van der Waals surface area (Å²) in [5.41, 5.74) is 7.22. The Morgan fingerprint density at radius 1 is 0.926 bits per heavy atom. The lowest BCUT2D eigenvalue weighted by atomic mass is 9.85. The number of aryl methyl sites for hydroxylation is 1. The Hall–Kier alpha value is -2.78. The molecule has 138 valence electrons. The molecular weight excluding hydrogens is 332 g/mol. The minimum atomic E-state index is 0.237. The van der Waals surface area contributed by atoms with Crippen molar-refractivity contribution in [3.8, 4) is 5.75 Å². The zero-order valence-corrected chi connectivity index (χ0v) is 16.7. The maximum absolute atomic E-state index is 6.40. The lowest BCUT2D eigenvalue weighted by Gasteiger charge is -2.31. The van der Waals surface area contributed by atoms with E-state index in [-0.39, 0.29) is 6.04 Å². The maximum Gasteiger partial charge on any atom is 0.137 e. The second kappa shape index (κ2) is 6.75. The van der Waals surface area contributed by atoms with E-state index in [9.17, 15) is 0 Å². The predicted octanol–water partition coefficient (Wildman–Crippen LogP) is 4.64. The van der Waals surface area contributed by atoms with E-state index in [0.717, 1.165) is 28.3 Å². The summed E-state index contributed by atoms with van der Waals surface area (Å²) in [4.78, 5) is 4.29. The van der Waals surface area contributed by atoms with Crippen LogP contribution in [0.4, 0.5) is 5.69 Å². The minimum absolute atomic E-state index is 0.237. The van der Waals surface area contributed by atoms with Gasteiger partial charge in [-0.1, -0.05) is 36.4 Å². The van der Waals surface area contributed by atoms with Gasteiger partial charge >= 0.3 is 0 Å². The second-order valence-electron chi connectivity index (χ2n) is 7.62. The molecule has 4 rings (SSSR count). The average Bonchev–Trinajstić information content (AvgIpc) is 2.65. The largest absolute Gasteiger partial charge is 0.456 e. The van der Waals surface area contributed by atoms with E-state index in [1.165, 1.54) is 16.7 Å². The summed E-state index contributed by atoms with van der Waals surface area (Å²) >= 11 is 0. The lowest BCUT2D eigenvalue weighted by molar-refractivity contribution is 0.368. The molecule has 27 heavy (non-hydrogen) atoms. The molecule has 1 aliphatic carbocycles. The molecule has 0 fully saturated rings. The number of hydrogen-bond acceptors (Lipinski definition) is 3. The van der Waals surface area contributed by atoms with Crippen LogP contribution in [0, 0.1) is 6.92 Å². The Labute approximate surface area is 161 Å². The molecule has 2 aromatic rings. The molecule has 1 aliphatic heterocycles. The van der Waals surface area contributed by atoms with Gasteiger partial charge in [-0.25, -0.2) is 0 Å². The van der Waals surface area contributed by atoms with Crippen LogP contribution in [0.3, 0.4) is 0 Å². The first-order valence-electron chi connectivity index (χ1n) is 9.32. The van der Waals surface area contributed by atoms with E-state index in [1.54, 1.807) is 0 Å². The minimum Gasteiger partial charge on any atom is -0.456 e. The number of anilines is 1. The van der Waals surface area contributed by atoms with E-state index in [2.05, 4.69) is 106 Å². The molecule has 0 saturated carbocycles. The van der Waals surface area contributed by atoms with Crippen LogP contribution in [0.2, 0.25) is 0 Å². The van der Waals surface area contributed by atoms with Crippen molar-refractivity contribution >= 4 is 11.3 Å². The van der Waals surface area contributed by atoms with Gasteiger partial charge in [-0.2, -0.15) is 0 Å². The SMILES string of the molecule is Cc1ccccc1C1=C2C=CC(N(C)C)C=C2Oc2cc(N(C)C)ccc21. The summed E-state index contributed by atoms with van der Waals surface area (Å²) in [5, 5.41) is 0. The molecular formula is C24H26N2O. The van der Waals surface area contributed by atoms with Gasteiger partial charge in [0.1, 0.15) is 11.5 Å². The zero-order valence-electron chi connectivity index (χ0n) is 16.7. The molecule has 0 spiro atoms. The fourth-order valence-corrected chi connectivity index (χ4v) is 3.68. The van der Waals surface area contributed by atoms with Gasteiger partial charge in [-0.3, -0.25) is 4.90 Å². The summed E-state index contributed by atoms with van der Waals surface area (Å²) in [7, 11) is 8.28. The van der Waals surface area contributed by atoms with E-state index < -0.39 is 0 Å². The van der Waals surface area contributed by atoms with E-state index in [4.69, 9.17) is 4.74 Å². The van der Waals surface area contributed by atoms with Gasteiger partial charge in [-0.05, 0) is 50.4 Å². The van der Waals surface area contributed by atoms with Crippen LogP contribution in [0.25, 0.3) is 5.57 Å².